The Morgan fingerprint density at radius 1 is 1.50 bits per heavy atom. The average molecular weight is 190 g/mol. The van der Waals surface area contributed by atoms with Crippen LogP contribution in [0.4, 0.5) is 5.82 Å². The summed E-state index contributed by atoms with van der Waals surface area (Å²) >= 11 is 0. The summed E-state index contributed by atoms with van der Waals surface area (Å²) < 4.78 is 0. The zero-order valence-corrected chi connectivity index (χ0v) is 9.12. The van der Waals surface area contributed by atoms with Gasteiger partial charge in [-0.05, 0) is 29.9 Å². The lowest BCUT2D eigenvalue weighted by molar-refractivity contribution is 0.374. The van der Waals surface area contributed by atoms with Gasteiger partial charge in [0.05, 0.1) is 0 Å². The summed E-state index contributed by atoms with van der Waals surface area (Å²) in [6, 6.07) is 4.75. The van der Waals surface area contributed by atoms with Crippen molar-refractivity contribution < 1.29 is 0 Å². The molecule has 2 nitrogen and oxygen atoms in total. The molecule has 2 unspecified atom stereocenters. The van der Waals surface area contributed by atoms with Crippen molar-refractivity contribution in [2.24, 2.45) is 11.8 Å². The van der Waals surface area contributed by atoms with Gasteiger partial charge in [0.2, 0.25) is 0 Å². The number of pyridine rings is 1. The lowest BCUT2D eigenvalue weighted by Crippen LogP contribution is -2.37. The Balaban J connectivity index is 2.27. The number of nitrogens with one attached hydrogen (secondary N) is 1. The molecule has 2 heteroatoms. The Labute approximate surface area is 85.7 Å². The molecule has 14 heavy (non-hydrogen) atoms. The van der Waals surface area contributed by atoms with Gasteiger partial charge >= 0.3 is 0 Å². The third kappa shape index (κ3) is 1.61. The van der Waals surface area contributed by atoms with E-state index < -0.39 is 0 Å². The van der Waals surface area contributed by atoms with E-state index in [2.05, 4.69) is 37.1 Å². The van der Waals surface area contributed by atoms with E-state index in [0.717, 1.165) is 12.2 Å². The topological polar surface area (TPSA) is 24.9 Å². The predicted octanol–water partition coefficient (Wildman–Crippen LogP) is 2.71. The number of hydrogen-bond acceptors (Lipinski definition) is 2. The van der Waals surface area contributed by atoms with Gasteiger partial charge in [0.15, 0.2) is 0 Å². The summed E-state index contributed by atoms with van der Waals surface area (Å²) in [5.74, 6) is 2.45. The van der Waals surface area contributed by atoms with Crippen LogP contribution in [-0.4, -0.2) is 11.0 Å². The first kappa shape index (κ1) is 9.50. The zero-order valence-electron chi connectivity index (χ0n) is 9.12. The number of anilines is 1. The number of fused-ring (bicyclic) bond motifs is 1. The van der Waals surface area contributed by atoms with Crippen LogP contribution in [0.15, 0.2) is 18.3 Å². The van der Waals surface area contributed by atoms with Crippen molar-refractivity contribution in [2.75, 3.05) is 5.32 Å². The largest absolute Gasteiger partial charge is 0.367 e. The molecule has 2 heterocycles. The first-order chi connectivity index (χ1) is 6.68. The first-order valence-corrected chi connectivity index (χ1v) is 5.39. The van der Waals surface area contributed by atoms with Crippen LogP contribution in [0.5, 0.6) is 0 Å². The minimum absolute atomic E-state index is 0.567. The number of rotatable bonds is 1. The second-order valence-corrected chi connectivity index (χ2v) is 4.61. The molecule has 0 amide bonds. The molecule has 1 aromatic rings. The third-order valence-corrected chi connectivity index (χ3v) is 3.07. The number of aromatic nitrogens is 1. The Morgan fingerprint density at radius 3 is 3.00 bits per heavy atom. The van der Waals surface area contributed by atoms with E-state index in [4.69, 9.17) is 0 Å². The predicted molar refractivity (Wildman–Crippen MR) is 59.4 cm³/mol. The maximum absolute atomic E-state index is 4.38. The van der Waals surface area contributed by atoms with Gasteiger partial charge in [-0.1, -0.05) is 26.8 Å². The summed E-state index contributed by atoms with van der Waals surface area (Å²) in [6.45, 7) is 6.85. The SMILES string of the molecule is CC(C)C1Nc2ncccc2CC1C. The number of hydrogen-bond donors (Lipinski definition) is 1. The minimum atomic E-state index is 0.567. The molecule has 0 aromatic carbocycles. The van der Waals surface area contributed by atoms with Gasteiger partial charge < -0.3 is 5.32 Å². The third-order valence-electron chi connectivity index (χ3n) is 3.07. The van der Waals surface area contributed by atoms with Crippen LogP contribution in [-0.2, 0) is 6.42 Å². The van der Waals surface area contributed by atoms with Gasteiger partial charge in [-0.15, -0.1) is 0 Å². The van der Waals surface area contributed by atoms with Crippen LogP contribution < -0.4 is 5.32 Å². The molecule has 76 valence electrons. The summed E-state index contributed by atoms with van der Waals surface area (Å²) in [5.41, 5.74) is 1.36. The Kier molecular flexibility index (Phi) is 2.44. The fourth-order valence-electron chi connectivity index (χ4n) is 2.33. The molecule has 1 N–H and O–H groups in total. The van der Waals surface area contributed by atoms with E-state index in [0.29, 0.717) is 17.9 Å². The summed E-state index contributed by atoms with van der Waals surface area (Å²) in [6.07, 6.45) is 3.01. The van der Waals surface area contributed by atoms with Crippen molar-refractivity contribution in [3.8, 4) is 0 Å². The first-order valence-electron chi connectivity index (χ1n) is 5.39. The molecular weight excluding hydrogens is 172 g/mol. The molecule has 0 radical (unpaired) electrons. The molecular formula is C12H18N2. The summed E-state index contributed by atoms with van der Waals surface area (Å²) in [4.78, 5) is 4.38. The van der Waals surface area contributed by atoms with Gasteiger partial charge in [-0.3, -0.25) is 0 Å². The van der Waals surface area contributed by atoms with Crippen LogP contribution in [0.1, 0.15) is 26.3 Å². The van der Waals surface area contributed by atoms with E-state index in [-0.39, 0.29) is 0 Å². The smallest absolute Gasteiger partial charge is 0.129 e. The molecule has 0 fully saturated rings. The fraction of sp³-hybridized carbons (Fsp3) is 0.583. The molecule has 0 saturated heterocycles. The van der Waals surface area contributed by atoms with Crippen molar-refractivity contribution in [3.05, 3.63) is 23.9 Å². The van der Waals surface area contributed by atoms with E-state index >= 15 is 0 Å². The van der Waals surface area contributed by atoms with Gasteiger partial charge in [0, 0.05) is 12.2 Å². The molecule has 1 aromatic heterocycles. The highest BCUT2D eigenvalue weighted by molar-refractivity contribution is 5.47. The molecule has 2 atom stereocenters. The van der Waals surface area contributed by atoms with E-state index in [1.54, 1.807) is 0 Å². The van der Waals surface area contributed by atoms with Crippen molar-refractivity contribution >= 4 is 5.82 Å². The van der Waals surface area contributed by atoms with Crippen LogP contribution in [0.3, 0.4) is 0 Å². The fourth-order valence-corrected chi connectivity index (χ4v) is 2.33. The molecule has 1 aliphatic heterocycles. The maximum atomic E-state index is 4.38. The lowest BCUT2D eigenvalue weighted by Gasteiger charge is -2.34. The lowest BCUT2D eigenvalue weighted by atomic mass is 9.84. The Hall–Kier alpha value is -1.05. The Morgan fingerprint density at radius 2 is 2.29 bits per heavy atom. The van der Waals surface area contributed by atoms with Gasteiger partial charge in [-0.2, -0.15) is 0 Å². The summed E-state index contributed by atoms with van der Waals surface area (Å²) in [7, 11) is 0. The molecule has 0 aliphatic carbocycles. The highest BCUT2D eigenvalue weighted by atomic mass is 15.0. The monoisotopic (exact) mass is 190 g/mol. The number of nitrogens with zero attached hydrogens (tertiary/aromatic N) is 1. The van der Waals surface area contributed by atoms with Crippen LogP contribution >= 0.6 is 0 Å². The van der Waals surface area contributed by atoms with E-state index in [1.807, 2.05) is 12.3 Å². The summed E-state index contributed by atoms with van der Waals surface area (Å²) in [5, 5.41) is 3.54. The second kappa shape index (κ2) is 3.60. The maximum Gasteiger partial charge on any atom is 0.129 e. The van der Waals surface area contributed by atoms with Gasteiger partial charge in [-0.25, -0.2) is 4.98 Å². The molecule has 0 saturated carbocycles. The highest BCUT2D eigenvalue weighted by Gasteiger charge is 2.27. The van der Waals surface area contributed by atoms with Crippen molar-refractivity contribution in [1.82, 2.24) is 4.98 Å². The van der Waals surface area contributed by atoms with Crippen LogP contribution in [0.2, 0.25) is 0 Å². The standard InChI is InChI=1S/C12H18N2/c1-8(2)11-9(3)7-10-5-4-6-13-12(10)14-11/h4-6,8-9,11H,7H2,1-3H3,(H,13,14). The minimum Gasteiger partial charge on any atom is -0.367 e. The van der Waals surface area contributed by atoms with E-state index in [1.165, 1.54) is 5.56 Å². The molecule has 1 aliphatic rings. The quantitative estimate of drug-likeness (QED) is 0.736. The van der Waals surface area contributed by atoms with Crippen molar-refractivity contribution in [1.29, 1.82) is 0 Å². The van der Waals surface area contributed by atoms with Crippen LogP contribution in [0.25, 0.3) is 0 Å². The zero-order chi connectivity index (χ0) is 10.1. The van der Waals surface area contributed by atoms with Crippen LogP contribution in [0, 0.1) is 11.8 Å². The highest BCUT2D eigenvalue weighted by Crippen LogP contribution is 2.29. The van der Waals surface area contributed by atoms with Crippen molar-refractivity contribution in [2.45, 2.75) is 33.2 Å². The average Bonchev–Trinajstić information content (AvgIpc) is 2.16. The molecule has 0 spiro atoms. The van der Waals surface area contributed by atoms with Gasteiger partial charge in [0.25, 0.3) is 0 Å². The van der Waals surface area contributed by atoms with E-state index in [9.17, 15) is 0 Å². The normalized spacial score (nSPS) is 25.7. The molecule has 2 rings (SSSR count). The second-order valence-electron chi connectivity index (χ2n) is 4.61. The van der Waals surface area contributed by atoms with Gasteiger partial charge in [0.1, 0.15) is 5.82 Å². The Bertz CT molecular complexity index is 320. The molecule has 0 bridgehead atoms. The van der Waals surface area contributed by atoms with Crippen molar-refractivity contribution in [3.63, 3.8) is 0 Å².